The van der Waals surface area contributed by atoms with E-state index in [0.29, 0.717) is 42.4 Å². The molecule has 0 saturated heterocycles. The highest BCUT2D eigenvalue weighted by Gasteiger charge is 2.56. The molecule has 8 nitrogen and oxygen atoms in total. The number of hydrogen-bond donors (Lipinski definition) is 4. The fourth-order valence-corrected chi connectivity index (χ4v) is 5.88. The summed E-state index contributed by atoms with van der Waals surface area (Å²) in [6.45, 7) is 8.55. The number of rotatable bonds is 8. The molecule has 184 valence electrons. The van der Waals surface area contributed by atoms with Crippen LogP contribution in [-0.2, 0) is 5.54 Å². The number of nitrogens with one attached hydrogen (secondary N) is 2. The lowest BCUT2D eigenvalue weighted by atomic mass is 9.81. The van der Waals surface area contributed by atoms with Gasteiger partial charge in [-0.2, -0.15) is 0 Å². The molecule has 6 N–H and O–H groups in total. The van der Waals surface area contributed by atoms with E-state index >= 15 is 4.39 Å². The SMILES string of the molecule is CCOc1ccc(C(=O)Nc2ccc(F)c([C@@]3(C)N=C(N)C(C)(C)S[C@]3(CCN)NC)c2)nc1. The van der Waals surface area contributed by atoms with Gasteiger partial charge < -0.3 is 26.8 Å². The van der Waals surface area contributed by atoms with Crippen molar-refractivity contribution >= 4 is 29.2 Å². The van der Waals surface area contributed by atoms with Gasteiger partial charge in [-0.1, -0.05) is 0 Å². The van der Waals surface area contributed by atoms with Crippen LogP contribution in [-0.4, -0.2) is 46.5 Å². The lowest BCUT2D eigenvalue weighted by Gasteiger charge is -2.53. The molecular formula is C24H33FN6O2S. The number of aromatic nitrogens is 1. The quantitative estimate of drug-likeness (QED) is 0.449. The van der Waals surface area contributed by atoms with Crippen LogP contribution in [0, 0.1) is 5.82 Å². The zero-order valence-electron chi connectivity index (χ0n) is 20.2. The molecule has 1 aromatic carbocycles. The highest BCUT2D eigenvalue weighted by molar-refractivity contribution is 8.02. The smallest absolute Gasteiger partial charge is 0.274 e. The van der Waals surface area contributed by atoms with E-state index in [0.717, 1.165) is 0 Å². The number of amides is 1. The van der Waals surface area contributed by atoms with E-state index in [1.54, 1.807) is 30.0 Å². The molecule has 34 heavy (non-hydrogen) atoms. The molecule has 0 unspecified atom stereocenters. The van der Waals surface area contributed by atoms with Crippen molar-refractivity contribution in [2.45, 2.75) is 49.3 Å². The summed E-state index contributed by atoms with van der Waals surface area (Å²) >= 11 is 1.58. The van der Waals surface area contributed by atoms with E-state index in [-0.39, 0.29) is 5.69 Å². The minimum atomic E-state index is -1.09. The topological polar surface area (TPSA) is 128 Å². The van der Waals surface area contributed by atoms with Gasteiger partial charge in [0, 0.05) is 11.3 Å². The molecule has 0 radical (unpaired) electrons. The van der Waals surface area contributed by atoms with Gasteiger partial charge in [0.15, 0.2) is 0 Å². The number of amidine groups is 1. The van der Waals surface area contributed by atoms with Crippen molar-refractivity contribution < 1.29 is 13.9 Å². The van der Waals surface area contributed by atoms with E-state index in [1.807, 2.05) is 34.7 Å². The third kappa shape index (κ3) is 4.75. The van der Waals surface area contributed by atoms with Gasteiger partial charge in [0.05, 0.1) is 22.4 Å². The maximum Gasteiger partial charge on any atom is 0.274 e. The van der Waals surface area contributed by atoms with E-state index in [1.165, 1.54) is 18.3 Å². The van der Waals surface area contributed by atoms with Gasteiger partial charge in [-0.15, -0.1) is 11.8 Å². The first kappa shape index (κ1) is 25.9. The van der Waals surface area contributed by atoms with Crippen LogP contribution < -0.4 is 26.8 Å². The Bertz CT molecular complexity index is 1080. The molecule has 3 rings (SSSR count). The predicted molar refractivity (Wildman–Crippen MR) is 136 cm³/mol. The Kier molecular flexibility index (Phi) is 7.54. The molecule has 0 aliphatic carbocycles. The van der Waals surface area contributed by atoms with Crippen LogP contribution in [0.2, 0.25) is 0 Å². The molecular weight excluding hydrogens is 455 g/mol. The van der Waals surface area contributed by atoms with Gasteiger partial charge >= 0.3 is 0 Å². The summed E-state index contributed by atoms with van der Waals surface area (Å²) in [7, 11) is 1.81. The highest BCUT2D eigenvalue weighted by atomic mass is 32.2. The largest absolute Gasteiger partial charge is 0.492 e. The Morgan fingerprint density at radius 3 is 2.56 bits per heavy atom. The average molecular weight is 489 g/mol. The number of carbonyl (C=O) groups is 1. The molecule has 10 heteroatoms. The summed E-state index contributed by atoms with van der Waals surface area (Å²) in [6.07, 6.45) is 2.01. The molecule has 2 heterocycles. The fraction of sp³-hybridized carbons (Fsp3) is 0.458. The molecule has 1 aliphatic rings. The number of aliphatic imine (C=N–C) groups is 1. The highest BCUT2D eigenvalue weighted by Crippen LogP contribution is 2.54. The number of pyridine rings is 1. The molecule has 0 spiro atoms. The van der Waals surface area contributed by atoms with Crippen molar-refractivity contribution in [3.8, 4) is 5.75 Å². The summed E-state index contributed by atoms with van der Waals surface area (Å²) in [5.74, 6) is 0.116. The second kappa shape index (κ2) is 9.89. The normalized spacial score (nSPS) is 23.8. The maximum absolute atomic E-state index is 15.3. The Hall–Kier alpha value is -2.69. The molecule has 2 aromatic rings. The second-order valence-electron chi connectivity index (χ2n) is 8.76. The van der Waals surface area contributed by atoms with Gasteiger partial charge in [0.25, 0.3) is 5.91 Å². The number of thioether (sulfide) groups is 1. The summed E-state index contributed by atoms with van der Waals surface area (Å²) in [5.41, 5.74) is 12.2. The van der Waals surface area contributed by atoms with Crippen LogP contribution in [0.25, 0.3) is 0 Å². The van der Waals surface area contributed by atoms with Crippen molar-refractivity contribution in [1.29, 1.82) is 0 Å². The monoisotopic (exact) mass is 488 g/mol. The Balaban J connectivity index is 2.01. The zero-order valence-corrected chi connectivity index (χ0v) is 21.1. The molecule has 1 amide bonds. The molecule has 2 atom stereocenters. The molecule has 0 saturated carbocycles. The number of anilines is 1. The van der Waals surface area contributed by atoms with Crippen molar-refractivity contribution in [2.24, 2.45) is 16.5 Å². The van der Waals surface area contributed by atoms with Crippen molar-refractivity contribution in [3.05, 3.63) is 53.6 Å². The molecule has 1 aromatic heterocycles. The Morgan fingerprint density at radius 2 is 1.97 bits per heavy atom. The zero-order chi connectivity index (χ0) is 25.1. The van der Waals surface area contributed by atoms with Crippen LogP contribution in [0.15, 0.2) is 41.5 Å². The second-order valence-corrected chi connectivity index (χ2v) is 10.7. The third-order valence-electron chi connectivity index (χ3n) is 6.11. The van der Waals surface area contributed by atoms with Crippen LogP contribution in [0.3, 0.4) is 0 Å². The van der Waals surface area contributed by atoms with E-state index in [2.05, 4.69) is 15.6 Å². The summed E-state index contributed by atoms with van der Waals surface area (Å²) < 4.78 is 20.2. The lowest BCUT2D eigenvalue weighted by molar-refractivity contribution is 0.102. The third-order valence-corrected chi connectivity index (χ3v) is 7.98. The van der Waals surface area contributed by atoms with Crippen molar-refractivity contribution in [2.75, 3.05) is 25.5 Å². The number of halogens is 1. The van der Waals surface area contributed by atoms with Crippen LogP contribution in [0.5, 0.6) is 5.75 Å². The first-order valence-electron chi connectivity index (χ1n) is 11.2. The van der Waals surface area contributed by atoms with Crippen LogP contribution in [0.1, 0.15) is 50.2 Å². The number of benzene rings is 1. The van der Waals surface area contributed by atoms with Gasteiger partial charge in [-0.25, -0.2) is 9.37 Å². The molecule has 0 bridgehead atoms. The summed E-state index contributed by atoms with van der Waals surface area (Å²) in [6, 6.07) is 7.67. The molecule has 1 aliphatic heterocycles. The Labute approximate surface area is 204 Å². The van der Waals surface area contributed by atoms with Crippen molar-refractivity contribution in [1.82, 2.24) is 10.3 Å². The maximum atomic E-state index is 15.3. The number of ether oxygens (including phenoxy) is 1. The lowest BCUT2D eigenvalue weighted by Crippen LogP contribution is -2.63. The number of hydrogen-bond acceptors (Lipinski definition) is 8. The van der Waals surface area contributed by atoms with Gasteiger partial charge in [-0.3, -0.25) is 9.79 Å². The van der Waals surface area contributed by atoms with Gasteiger partial charge in [-0.05, 0) is 78.0 Å². The Morgan fingerprint density at radius 1 is 1.24 bits per heavy atom. The standard InChI is InChI=1S/C24H33FN6O2S/c1-6-33-16-8-10-19(29-14-16)20(32)30-15-7-9-18(25)17(13-15)23(4)24(28-5,11-12-26)34-22(2,3)21(27)31-23/h7-10,13-14,28H,6,11-12,26H2,1-5H3,(H2,27,31)(H,30,32)/t23-,24+/m1/s1. The predicted octanol–water partition coefficient (Wildman–Crippen LogP) is 3.23. The average Bonchev–Trinajstić information content (AvgIpc) is 2.79. The minimum Gasteiger partial charge on any atom is -0.492 e. The van der Waals surface area contributed by atoms with E-state index in [4.69, 9.17) is 21.2 Å². The molecule has 0 fully saturated rings. The van der Waals surface area contributed by atoms with E-state index < -0.39 is 26.9 Å². The van der Waals surface area contributed by atoms with Crippen LogP contribution in [0.4, 0.5) is 10.1 Å². The van der Waals surface area contributed by atoms with Gasteiger partial charge in [0.2, 0.25) is 0 Å². The number of nitrogens with two attached hydrogens (primary N) is 2. The number of likely N-dealkylation sites (N-methyl/N-ethyl adjacent to an activating group) is 1. The minimum absolute atomic E-state index is 0.213. The van der Waals surface area contributed by atoms with E-state index in [9.17, 15) is 4.79 Å². The summed E-state index contributed by atoms with van der Waals surface area (Å²) in [5, 5.41) is 6.15. The number of carbonyl (C=O) groups excluding carboxylic acids is 1. The first-order valence-corrected chi connectivity index (χ1v) is 12.0. The summed E-state index contributed by atoms with van der Waals surface area (Å²) in [4.78, 5) is 21.0. The number of nitrogens with zero attached hydrogens (tertiary/aromatic N) is 2. The van der Waals surface area contributed by atoms with Crippen LogP contribution >= 0.6 is 11.8 Å². The first-order chi connectivity index (χ1) is 16.0. The van der Waals surface area contributed by atoms with Crippen molar-refractivity contribution in [3.63, 3.8) is 0 Å². The fourth-order valence-electron chi connectivity index (χ4n) is 4.19. The van der Waals surface area contributed by atoms with Gasteiger partial charge in [0.1, 0.15) is 28.6 Å².